The van der Waals surface area contributed by atoms with Crippen LogP contribution in [0.2, 0.25) is 0 Å². The highest BCUT2D eigenvalue weighted by Gasteiger charge is 2.13. The molecule has 0 saturated carbocycles. The Morgan fingerprint density at radius 2 is 2.00 bits per heavy atom. The molecule has 0 spiro atoms. The molecule has 0 radical (unpaired) electrons. The van der Waals surface area contributed by atoms with Crippen LogP contribution in [-0.4, -0.2) is 36.5 Å². The van der Waals surface area contributed by atoms with Crippen LogP contribution in [0.3, 0.4) is 0 Å². The fourth-order valence-corrected chi connectivity index (χ4v) is 3.13. The van der Waals surface area contributed by atoms with Gasteiger partial charge in [-0.1, -0.05) is 18.2 Å². The Hall–Kier alpha value is -1.66. The zero-order valence-corrected chi connectivity index (χ0v) is 12.3. The first-order valence-electron chi connectivity index (χ1n) is 6.56. The molecule has 2 aromatic rings. The molecule has 2 rings (SSSR count). The molecule has 1 N–H and O–H groups in total. The van der Waals surface area contributed by atoms with E-state index in [-0.39, 0.29) is 11.8 Å². The molecular weight excluding hydrogens is 274 g/mol. The maximum Gasteiger partial charge on any atom is 0.179 e. The number of rotatable bonds is 7. The maximum atomic E-state index is 12.1. The van der Waals surface area contributed by atoms with Gasteiger partial charge in [-0.2, -0.15) is 5.10 Å². The Bertz CT molecular complexity index is 609. The molecule has 1 atom stereocenters. The van der Waals surface area contributed by atoms with Crippen LogP contribution in [-0.2, 0) is 16.4 Å². The van der Waals surface area contributed by atoms with E-state index in [1.807, 2.05) is 29.9 Å². The Balaban J connectivity index is 1.81. The van der Waals surface area contributed by atoms with Gasteiger partial charge in [0.1, 0.15) is 0 Å². The van der Waals surface area contributed by atoms with Crippen LogP contribution in [0, 0.1) is 0 Å². The lowest BCUT2D eigenvalue weighted by atomic mass is 10.3. The van der Waals surface area contributed by atoms with Gasteiger partial charge in [-0.3, -0.25) is 4.68 Å². The predicted molar refractivity (Wildman–Crippen MR) is 78.2 cm³/mol. The number of nitrogens with one attached hydrogen (secondary N) is 1. The minimum atomic E-state index is -3.20. The number of aromatic nitrogens is 2. The van der Waals surface area contributed by atoms with Crippen molar-refractivity contribution < 1.29 is 8.42 Å². The SMILES string of the molecule is CC(Cn1cccn1)NCCS(=O)(=O)c1ccccc1. The summed E-state index contributed by atoms with van der Waals surface area (Å²) >= 11 is 0. The van der Waals surface area contributed by atoms with Crippen LogP contribution in [0.25, 0.3) is 0 Å². The third-order valence-corrected chi connectivity index (χ3v) is 4.72. The van der Waals surface area contributed by atoms with Gasteiger partial charge in [-0.15, -0.1) is 0 Å². The van der Waals surface area contributed by atoms with E-state index in [1.165, 1.54) is 0 Å². The standard InChI is InChI=1S/C14H19N3O2S/c1-13(12-17-10-5-8-16-17)15-9-11-20(18,19)14-6-3-2-4-7-14/h2-8,10,13,15H,9,11-12H2,1H3. The Kier molecular flexibility index (Phi) is 4.92. The molecule has 5 nitrogen and oxygen atoms in total. The second-order valence-corrected chi connectivity index (χ2v) is 6.82. The summed E-state index contributed by atoms with van der Waals surface area (Å²) in [5.41, 5.74) is 0. The van der Waals surface area contributed by atoms with Crippen molar-refractivity contribution in [2.45, 2.75) is 24.4 Å². The Morgan fingerprint density at radius 1 is 1.25 bits per heavy atom. The first kappa shape index (κ1) is 14.7. The van der Waals surface area contributed by atoms with Crippen molar-refractivity contribution in [2.24, 2.45) is 0 Å². The molecule has 20 heavy (non-hydrogen) atoms. The van der Waals surface area contributed by atoms with Gasteiger partial charge >= 0.3 is 0 Å². The summed E-state index contributed by atoms with van der Waals surface area (Å²) in [6.07, 6.45) is 3.62. The predicted octanol–water partition coefficient (Wildman–Crippen LogP) is 1.34. The summed E-state index contributed by atoms with van der Waals surface area (Å²) in [7, 11) is -3.20. The molecule has 0 amide bonds. The zero-order chi connectivity index (χ0) is 14.4. The molecule has 0 saturated heterocycles. The van der Waals surface area contributed by atoms with Crippen molar-refractivity contribution in [3.8, 4) is 0 Å². The molecule has 0 aliphatic carbocycles. The highest BCUT2D eigenvalue weighted by molar-refractivity contribution is 7.91. The average molecular weight is 293 g/mol. The largest absolute Gasteiger partial charge is 0.311 e. The van der Waals surface area contributed by atoms with Gasteiger partial charge in [-0.05, 0) is 25.1 Å². The molecule has 1 unspecified atom stereocenters. The number of sulfone groups is 1. The number of hydrogen-bond acceptors (Lipinski definition) is 4. The summed E-state index contributed by atoms with van der Waals surface area (Å²) in [5.74, 6) is 0.0977. The topological polar surface area (TPSA) is 64.0 Å². The van der Waals surface area contributed by atoms with Crippen molar-refractivity contribution in [3.05, 3.63) is 48.8 Å². The summed E-state index contributed by atoms with van der Waals surface area (Å²) in [5, 5.41) is 7.33. The van der Waals surface area contributed by atoms with Gasteiger partial charge < -0.3 is 5.32 Å². The van der Waals surface area contributed by atoms with Crippen LogP contribution >= 0.6 is 0 Å². The van der Waals surface area contributed by atoms with Crippen LogP contribution in [0.5, 0.6) is 0 Å². The average Bonchev–Trinajstić information content (AvgIpc) is 2.92. The van der Waals surface area contributed by atoms with Gasteiger partial charge in [0.05, 0.1) is 17.2 Å². The molecule has 0 fully saturated rings. The molecule has 0 aliphatic heterocycles. The van der Waals surface area contributed by atoms with Gasteiger partial charge in [0, 0.05) is 25.0 Å². The van der Waals surface area contributed by atoms with Crippen molar-refractivity contribution in [2.75, 3.05) is 12.3 Å². The summed E-state index contributed by atoms with van der Waals surface area (Å²) in [6.45, 7) is 3.16. The van der Waals surface area contributed by atoms with Crippen LogP contribution in [0.1, 0.15) is 6.92 Å². The fraction of sp³-hybridized carbons (Fsp3) is 0.357. The second kappa shape index (κ2) is 6.67. The quantitative estimate of drug-likeness (QED) is 0.836. The Labute approximate surface area is 119 Å². The maximum absolute atomic E-state index is 12.1. The molecule has 6 heteroatoms. The van der Waals surface area contributed by atoms with E-state index in [4.69, 9.17) is 0 Å². The zero-order valence-electron chi connectivity index (χ0n) is 11.4. The first-order valence-corrected chi connectivity index (χ1v) is 8.22. The van der Waals surface area contributed by atoms with Crippen LogP contribution in [0.15, 0.2) is 53.7 Å². The van der Waals surface area contributed by atoms with E-state index in [0.717, 1.165) is 6.54 Å². The molecule has 108 valence electrons. The van der Waals surface area contributed by atoms with Gasteiger partial charge in [0.15, 0.2) is 9.84 Å². The van der Waals surface area contributed by atoms with Gasteiger partial charge in [0.2, 0.25) is 0 Å². The Morgan fingerprint density at radius 3 is 2.65 bits per heavy atom. The highest BCUT2D eigenvalue weighted by atomic mass is 32.2. The van der Waals surface area contributed by atoms with E-state index < -0.39 is 9.84 Å². The molecule has 1 aromatic heterocycles. The minimum Gasteiger partial charge on any atom is -0.311 e. The molecule has 0 aliphatic rings. The molecular formula is C14H19N3O2S. The lowest BCUT2D eigenvalue weighted by Crippen LogP contribution is -2.34. The molecule has 1 heterocycles. The monoisotopic (exact) mass is 293 g/mol. The summed E-state index contributed by atoms with van der Waals surface area (Å²) < 4.78 is 26.0. The highest BCUT2D eigenvalue weighted by Crippen LogP contribution is 2.09. The number of benzene rings is 1. The van der Waals surface area contributed by atoms with E-state index in [2.05, 4.69) is 10.4 Å². The second-order valence-electron chi connectivity index (χ2n) is 4.72. The van der Waals surface area contributed by atoms with Gasteiger partial charge in [0.25, 0.3) is 0 Å². The third kappa shape index (κ3) is 4.18. The minimum absolute atomic E-state index is 0.0977. The lowest BCUT2D eigenvalue weighted by Gasteiger charge is -2.14. The number of hydrogen-bond donors (Lipinski definition) is 1. The van der Waals surface area contributed by atoms with E-state index in [0.29, 0.717) is 11.4 Å². The molecule has 1 aromatic carbocycles. The smallest absolute Gasteiger partial charge is 0.179 e. The normalized spacial score (nSPS) is 13.2. The summed E-state index contributed by atoms with van der Waals surface area (Å²) in [4.78, 5) is 0.376. The van der Waals surface area contributed by atoms with Crippen molar-refractivity contribution in [1.82, 2.24) is 15.1 Å². The first-order chi connectivity index (χ1) is 9.58. The van der Waals surface area contributed by atoms with Crippen molar-refractivity contribution in [3.63, 3.8) is 0 Å². The van der Waals surface area contributed by atoms with E-state index in [9.17, 15) is 8.42 Å². The molecule has 0 bridgehead atoms. The lowest BCUT2D eigenvalue weighted by molar-refractivity contribution is 0.461. The van der Waals surface area contributed by atoms with Crippen molar-refractivity contribution in [1.29, 1.82) is 0 Å². The van der Waals surface area contributed by atoms with E-state index >= 15 is 0 Å². The fourth-order valence-electron chi connectivity index (χ4n) is 1.94. The van der Waals surface area contributed by atoms with E-state index in [1.54, 1.807) is 30.5 Å². The van der Waals surface area contributed by atoms with Crippen LogP contribution in [0.4, 0.5) is 0 Å². The third-order valence-electron chi connectivity index (χ3n) is 2.99. The summed E-state index contributed by atoms with van der Waals surface area (Å²) in [6, 6.07) is 10.6. The van der Waals surface area contributed by atoms with Crippen LogP contribution < -0.4 is 5.32 Å². The van der Waals surface area contributed by atoms with Crippen molar-refractivity contribution >= 4 is 9.84 Å². The van der Waals surface area contributed by atoms with Gasteiger partial charge in [-0.25, -0.2) is 8.42 Å². The number of nitrogens with zero attached hydrogens (tertiary/aromatic N) is 2.